The molecule has 184 valence electrons. The Hall–Kier alpha value is -2.47. The number of piperazine rings is 1. The third-order valence-electron chi connectivity index (χ3n) is 5.51. The Morgan fingerprint density at radius 1 is 0.800 bits per heavy atom. The molecular weight excluding hydrogens is 533 g/mol. The molecule has 12 heteroatoms. The topological polar surface area (TPSA) is 104 Å². The van der Waals surface area contributed by atoms with Gasteiger partial charge in [0.05, 0.1) is 20.5 Å². The second-order valence-electron chi connectivity index (χ2n) is 7.73. The predicted octanol–water partition coefficient (Wildman–Crippen LogP) is 3.70. The van der Waals surface area contributed by atoms with Gasteiger partial charge in [-0.15, -0.1) is 0 Å². The van der Waals surface area contributed by atoms with Crippen molar-refractivity contribution in [3.63, 3.8) is 0 Å². The minimum Gasteiger partial charge on any atom is -0.323 e. The van der Waals surface area contributed by atoms with Crippen LogP contribution in [0.4, 0.5) is 5.69 Å². The zero-order chi connectivity index (χ0) is 25.2. The van der Waals surface area contributed by atoms with Crippen molar-refractivity contribution in [2.75, 3.05) is 25.0 Å². The number of nitrogens with one attached hydrogen (secondary N) is 1. The van der Waals surface area contributed by atoms with Crippen LogP contribution in [0.3, 0.4) is 0 Å². The first-order valence-corrected chi connectivity index (χ1v) is 14.1. The molecule has 4 rings (SSSR count). The maximum atomic E-state index is 13.4. The van der Waals surface area contributed by atoms with Gasteiger partial charge in [-0.1, -0.05) is 59.6 Å². The number of rotatable bonds is 6. The van der Waals surface area contributed by atoms with Gasteiger partial charge in [0.25, 0.3) is 0 Å². The molecule has 1 N–H and O–H groups in total. The van der Waals surface area contributed by atoms with Gasteiger partial charge >= 0.3 is 0 Å². The van der Waals surface area contributed by atoms with E-state index in [1.807, 2.05) is 0 Å². The van der Waals surface area contributed by atoms with Crippen LogP contribution in [-0.4, -0.2) is 57.0 Å². The average molecular weight is 554 g/mol. The second-order valence-corrected chi connectivity index (χ2v) is 12.4. The van der Waals surface area contributed by atoms with Crippen LogP contribution in [0.1, 0.15) is 0 Å². The number of carbonyl (C=O) groups is 1. The van der Waals surface area contributed by atoms with E-state index in [0.717, 1.165) is 8.61 Å². The molecule has 8 nitrogen and oxygen atoms in total. The zero-order valence-electron chi connectivity index (χ0n) is 18.2. The van der Waals surface area contributed by atoms with Gasteiger partial charge in [0.15, 0.2) is 0 Å². The second kappa shape index (κ2) is 10.3. The molecule has 1 aliphatic rings. The lowest BCUT2D eigenvalue weighted by Crippen LogP contribution is -2.60. The van der Waals surface area contributed by atoms with Gasteiger partial charge < -0.3 is 5.32 Å². The fourth-order valence-electron chi connectivity index (χ4n) is 3.74. The third-order valence-corrected chi connectivity index (χ3v) is 9.88. The number of hydrogen-bond donors (Lipinski definition) is 1. The maximum absolute atomic E-state index is 13.4. The van der Waals surface area contributed by atoms with Crippen LogP contribution < -0.4 is 5.32 Å². The van der Waals surface area contributed by atoms with Crippen LogP contribution in [-0.2, 0) is 24.8 Å². The Morgan fingerprint density at radius 3 is 1.97 bits per heavy atom. The van der Waals surface area contributed by atoms with Crippen LogP contribution in [0, 0.1) is 0 Å². The lowest BCUT2D eigenvalue weighted by atomic mass is 10.2. The molecule has 0 aromatic heterocycles. The SMILES string of the molecule is O=C(Nc1cc(Cl)ccc1Cl)C1CN(S(=O)(=O)c2ccccc2)CCN1S(=O)(=O)c1ccccc1. The van der Waals surface area contributed by atoms with E-state index in [9.17, 15) is 21.6 Å². The number of sulfonamides is 2. The summed E-state index contributed by atoms with van der Waals surface area (Å²) in [7, 11) is -8.07. The molecule has 1 amide bonds. The summed E-state index contributed by atoms with van der Waals surface area (Å²) >= 11 is 12.2. The highest BCUT2D eigenvalue weighted by atomic mass is 35.5. The van der Waals surface area contributed by atoms with Crippen molar-refractivity contribution in [1.29, 1.82) is 0 Å². The molecule has 1 saturated heterocycles. The van der Waals surface area contributed by atoms with Crippen LogP contribution in [0.25, 0.3) is 0 Å². The van der Waals surface area contributed by atoms with E-state index in [2.05, 4.69) is 5.32 Å². The molecule has 0 radical (unpaired) electrons. The standard InChI is InChI=1S/C23H21Cl2N3O5S2/c24-17-11-12-20(25)21(15-17)26-23(29)22-16-27(34(30,31)18-7-3-1-4-8-18)13-14-28(22)35(32,33)19-9-5-2-6-10-19/h1-12,15,22H,13-14,16H2,(H,26,29). The summed E-state index contributed by atoms with van der Waals surface area (Å²) in [5, 5.41) is 3.12. The lowest BCUT2D eigenvalue weighted by Gasteiger charge is -2.39. The summed E-state index contributed by atoms with van der Waals surface area (Å²) in [4.78, 5) is 13.4. The van der Waals surface area contributed by atoms with Crippen molar-refractivity contribution >= 4 is 54.8 Å². The molecule has 1 atom stereocenters. The van der Waals surface area contributed by atoms with E-state index in [1.165, 1.54) is 36.4 Å². The van der Waals surface area contributed by atoms with Crippen molar-refractivity contribution in [1.82, 2.24) is 8.61 Å². The van der Waals surface area contributed by atoms with E-state index < -0.39 is 32.0 Å². The summed E-state index contributed by atoms with van der Waals surface area (Å²) in [5.74, 6) is -0.735. The van der Waals surface area contributed by atoms with Gasteiger partial charge in [-0.2, -0.15) is 8.61 Å². The number of hydrogen-bond acceptors (Lipinski definition) is 5. The number of anilines is 1. The van der Waals surface area contributed by atoms with Crippen LogP contribution in [0.2, 0.25) is 10.0 Å². The first kappa shape index (κ1) is 25.6. The van der Waals surface area contributed by atoms with Crippen molar-refractivity contribution in [2.45, 2.75) is 15.8 Å². The first-order chi connectivity index (χ1) is 16.6. The third kappa shape index (κ3) is 5.37. The summed E-state index contributed by atoms with van der Waals surface area (Å²) in [6.07, 6.45) is 0. The Kier molecular flexibility index (Phi) is 7.51. The molecule has 0 saturated carbocycles. The predicted molar refractivity (Wildman–Crippen MR) is 134 cm³/mol. The van der Waals surface area contributed by atoms with Gasteiger partial charge in [0.1, 0.15) is 6.04 Å². The van der Waals surface area contributed by atoms with Gasteiger partial charge in [-0.25, -0.2) is 16.8 Å². The Bertz CT molecular complexity index is 1440. The molecule has 3 aromatic carbocycles. The summed E-state index contributed by atoms with van der Waals surface area (Å²) in [5.41, 5.74) is 0.185. The molecule has 35 heavy (non-hydrogen) atoms. The molecule has 1 fully saturated rings. The van der Waals surface area contributed by atoms with Gasteiger partial charge in [0.2, 0.25) is 26.0 Å². The van der Waals surface area contributed by atoms with Crippen molar-refractivity contribution in [3.05, 3.63) is 88.9 Å². The summed E-state index contributed by atoms with van der Waals surface area (Å²) in [6.45, 7) is -0.719. The molecule has 1 unspecified atom stereocenters. The molecule has 0 aliphatic carbocycles. The number of benzene rings is 3. The Balaban J connectivity index is 1.71. The van der Waals surface area contributed by atoms with E-state index in [0.29, 0.717) is 5.02 Å². The minimum atomic E-state index is -4.11. The molecule has 0 bridgehead atoms. The highest BCUT2D eigenvalue weighted by molar-refractivity contribution is 7.89. The van der Waals surface area contributed by atoms with Crippen LogP contribution in [0.15, 0.2) is 88.7 Å². The molecule has 3 aromatic rings. The van der Waals surface area contributed by atoms with Crippen LogP contribution >= 0.6 is 23.2 Å². The van der Waals surface area contributed by atoms with E-state index >= 15 is 0 Å². The maximum Gasteiger partial charge on any atom is 0.244 e. The Morgan fingerprint density at radius 2 is 1.37 bits per heavy atom. The summed E-state index contributed by atoms with van der Waals surface area (Å²) < 4.78 is 55.5. The van der Waals surface area contributed by atoms with E-state index in [1.54, 1.807) is 42.5 Å². The fraction of sp³-hybridized carbons (Fsp3) is 0.174. The lowest BCUT2D eigenvalue weighted by molar-refractivity contribution is -0.120. The number of halogens is 2. The van der Waals surface area contributed by atoms with E-state index in [4.69, 9.17) is 23.2 Å². The largest absolute Gasteiger partial charge is 0.323 e. The fourth-order valence-corrected chi connectivity index (χ4v) is 7.13. The number of nitrogens with zero attached hydrogens (tertiary/aromatic N) is 2. The summed E-state index contributed by atoms with van der Waals surface area (Å²) in [6, 6.07) is 18.5. The number of amides is 1. The highest BCUT2D eigenvalue weighted by Gasteiger charge is 2.43. The quantitative estimate of drug-likeness (QED) is 0.501. The smallest absolute Gasteiger partial charge is 0.244 e. The molecule has 1 aliphatic heterocycles. The average Bonchev–Trinajstić information content (AvgIpc) is 2.87. The molecule has 0 spiro atoms. The van der Waals surface area contributed by atoms with E-state index in [-0.39, 0.29) is 40.1 Å². The van der Waals surface area contributed by atoms with Crippen molar-refractivity contribution in [3.8, 4) is 0 Å². The van der Waals surface area contributed by atoms with Gasteiger partial charge in [0, 0.05) is 24.7 Å². The van der Waals surface area contributed by atoms with Crippen LogP contribution in [0.5, 0.6) is 0 Å². The molecular formula is C23H21Cl2N3O5S2. The number of carbonyl (C=O) groups excluding carboxylic acids is 1. The monoisotopic (exact) mass is 553 g/mol. The minimum absolute atomic E-state index is 0.00189. The Labute approximate surface area is 214 Å². The first-order valence-electron chi connectivity index (χ1n) is 10.5. The molecule has 1 heterocycles. The normalized spacial score (nSPS) is 17.7. The van der Waals surface area contributed by atoms with Crippen molar-refractivity contribution in [2.24, 2.45) is 0 Å². The van der Waals surface area contributed by atoms with Gasteiger partial charge in [-0.3, -0.25) is 4.79 Å². The van der Waals surface area contributed by atoms with Gasteiger partial charge in [-0.05, 0) is 42.5 Å². The van der Waals surface area contributed by atoms with Crippen molar-refractivity contribution < 1.29 is 21.6 Å². The highest BCUT2D eigenvalue weighted by Crippen LogP contribution is 2.29. The zero-order valence-corrected chi connectivity index (χ0v) is 21.4.